The molecule has 0 heterocycles. The first-order valence-electron chi connectivity index (χ1n) is 7.49. The van der Waals surface area contributed by atoms with Crippen LogP contribution in [-0.2, 0) is 20.8 Å². The number of carbonyl (C=O) groups is 1. The van der Waals surface area contributed by atoms with Crippen molar-refractivity contribution in [1.82, 2.24) is 5.06 Å². The Kier molecular flexibility index (Phi) is 6.70. The van der Waals surface area contributed by atoms with Gasteiger partial charge in [-0.15, -0.1) is 0 Å². The molecule has 0 aliphatic heterocycles. The van der Waals surface area contributed by atoms with E-state index in [1.807, 2.05) is 30.3 Å². The molecule has 0 saturated carbocycles. The minimum Gasteiger partial charge on any atom is -0.324 e. The summed E-state index contributed by atoms with van der Waals surface area (Å²) in [5.74, 6) is 0. The number of hydrogen-bond donors (Lipinski definition) is 2. The first-order chi connectivity index (χ1) is 11.5. The van der Waals surface area contributed by atoms with Crippen LogP contribution in [0.5, 0.6) is 0 Å². The topological polar surface area (TPSA) is 87.1 Å². The molecule has 2 aromatic rings. The first kappa shape index (κ1) is 18.4. The molecule has 0 aromatic heterocycles. The predicted molar refractivity (Wildman–Crippen MR) is 89.8 cm³/mol. The minimum absolute atomic E-state index is 0.0843. The Hall–Kier alpha value is -1.98. The quantitative estimate of drug-likeness (QED) is 0.413. The van der Waals surface area contributed by atoms with Crippen LogP contribution in [0.3, 0.4) is 0 Å². The molecule has 2 aromatic carbocycles. The highest BCUT2D eigenvalue weighted by Crippen LogP contribution is 2.53. The van der Waals surface area contributed by atoms with Crippen LogP contribution in [0, 0.1) is 0 Å². The van der Waals surface area contributed by atoms with Gasteiger partial charge in [0.2, 0.25) is 6.41 Å². The SMILES string of the molecule is O=CN(CCC(c1ccccc1)P(=O)(O)O)OCc1ccccc1. The molecule has 0 fully saturated rings. The lowest BCUT2D eigenvalue weighted by molar-refractivity contribution is -0.177. The highest BCUT2D eigenvalue weighted by Gasteiger charge is 2.30. The van der Waals surface area contributed by atoms with Crippen LogP contribution in [0.4, 0.5) is 0 Å². The van der Waals surface area contributed by atoms with E-state index in [1.54, 1.807) is 30.3 Å². The zero-order chi connectivity index (χ0) is 17.4. The third-order valence-electron chi connectivity index (χ3n) is 3.57. The van der Waals surface area contributed by atoms with E-state index in [9.17, 15) is 19.1 Å². The molecule has 0 aliphatic carbocycles. The van der Waals surface area contributed by atoms with Gasteiger partial charge < -0.3 is 9.79 Å². The summed E-state index contributed by atoms with van der Waals surface area (Å²) in [6, 6.07) is 17.9. The molecule has 6 nitrogen and oxygen atoms in total. The van der Waals surface area contributed by atoms with Crippen molar-refractivity contribution in [2.24, 2.45) is 0 Å². The van der Waals surface area contributed by atoms with E-state index in [0.717, 1.165) is 10.6 Å². The average molecular weight is 349 g/mol. The predicted octanol–water partition coefficient (Wildman–Crippen LogP) is 2.89. The number of amides is 1. The first-order valence-corrected chi connectivity index (χ1v) is 9.18. The highest BCUT2D eigenvalue weighted by molar-refractivity contribution is 7.52. The third-order valence-corrected chi connectivity index (χ3v) is 4.94. The molecule has 7 heteroatoms. The van der Waals surface area contributed by atoms with Gasteiger partial charge in [0.25, 0.3) is 0 Å². The maximum absolute atomic E-state index is 11.8. The Bertz CT molecular complexity index is 674. The van der Waals surface area contributed by atoms with Gasteiger partial charge in [0.05, 0.1) is 5.66 Å². The zero-order valence-electron chi connectivity index (χ0n) is 13.1. The van der Waals surface area contributed by atoms with Crippen LogP contribution in [0.2, 0.25) is 0 Å². The molecule has 1 unspecified atom stereocenters. The number of carbonyl (C=O) groups excluding carboxylic acids is 1. The van der Waals surface area contributed by atoms with Crippen LogP contribution in [0.25, 0.3) is 0 Å². The van der Waals surface area contributed by atoms with Gasteiger partial charge in [-0.2, -0.15) is 0 Å². The van der Waals surface area contributed by atoms with E-state index >= 15 is 0 Å². The van der Waals surface area contributed by atoms with Crippen molar-refractivity contribution in [3.8, 4) is 0 Å². The van der Waals surface area contributed by atoms with Crippen molar-refractivity contribution in [3.05, 3.63) is 71.8 Å². The highest BCUT2D eigenvalue weighted by atomic mass is 31.2. The smallest absolute Gasteiger partial charge is 0.324 e. The Morgan fingerprint density at radius 2 is 1.62 bits per heavy atom. The molecular weight excluding hydrogens is 329 g/mol. The fraction of sp³-hybridized carbons (Fsp3) is 0.235. The summed E-state index contributed by atoms with van der Waals surface area (Å²) in [7, 11) is -4.34. The van der Waals surface area contributed by atoms with Gasteiger partial charge in [0, 0.05) is 6.54 Å². The molecule has 0 spiro atoms. The Labute approximate surface area is 140 Å². The van der Waals surface area contributed by atoms with E-state index in [1.165, 1.54) is 0 Å². The van der Waals surface area contributed by atoms with E-state index in [0.29, 0.717) is 12.0 Å². The second-order valence-electron chi connectivity index (χ2n) is 5.31. The molecule has 0 saturated heterocycles. The summed E-state index contributed by atoms with van der Waals surface area (Å²) in [4.78, 5) is 35.7. The molecule has 2 N–H and O–H groups in total. The van der Waals surface area contributed by atoms with Crippen LogP contribution < -0.4 is 0 Å². The fourth-order valence-corrected chi connectivity index (χ4v) is 3.35. The number of nitrogens with zero attached hydrogens (tertiary/aromatic N) is 1. The Morgan fingerprint density at radius 3 is 2.17 bits per heavy atom. The van der Waals surface area contributed by atoms with Crippen molar-refractivity contribution in [3.63, 3.8) is 0 Å². The summed E-state index contributed by atoms with van der Waals surface area (Å²) >= 11 is 0. The second kappa shape index (κ2) is 8.76. The third kappa shape index (κ3) is 5.58. The number of rotatable bonds is 9. The molecule has 1 atom stereocenters. The monoisotopic (exact) mass is 349 g/mol. The van der Waals surface area contributed by atoms with E-state index in [4.69, 9.17) is 4.84 Å². The van der Waals surface area contributed by atoms with E-state index in [2.05, 4.69) is 0 Å². The summed E-state index contributed by atoms with van der Waals surface area (Å²) in [5, 5.41) is 1.07. The largest absolute Gasteiger partial charge is 0.333 e. The van der Waals surface area contributed by atoms with Crippen LogP contribution in [0.1, 0.15) is 23.2 Å². The lowest BCUT2D eigenvalue weighted by Crippen LogP contribution is -2.24. The fourth-order valence-electron chi connectivity index (χ4n) is 2.33. The molecule has 2 rings (SSSR count). The van der Waals surface area contributed by atoms with E-state index < -0.39 is 13.3 Å². The maximum atomic E-state index is 11.8. The lowest BCUT2D eigenvalue weighted by atomic mass is 10.1. The van der Waals surface area contributed by atoms with Gasteiger partial charge >= 0.3 is 7.60 Å². The summed E-state index contributed by atoms with van der Waals surface area (Å²) in [6.45, 7) is 0.298. The lowest BCUT2D eigenvalue weighted by Gasteiger charge is -2.22. The standard InChI is InChI=1S/C17H20NO5P/c19-14-18(23-13-15-7-3-1-4-8-15)12-11-17(24(20,21)22)16-9-5-2-6-10-16/h1-10,14,17H,11-13H2,(H2,20,21,22). The van der Waals surface area contributed by atoms with Crippen LogP contribution >= 0.6 is 7.60 Å². The molecule has 0 aliphatic rings. The summed E-state index contributed by atoms with van der Waals surface area (Å²) < 4.78 is 11.8. The van der Waals surface area contributed by atoms with Crippen molar-refractivity contribution in [2.45, 2.75) is 18.7 Å². The van der Waals surface area contributed by atoms with Crippen LogP contribution in [-0.4, -0.2) is 27.8 Å². The summed E-state index contributed by atoms with van der Waals surface area (Å²) in [6.07, 6.45) is 0.618. The maximum Gasteiger partial charge on any atom is 0.333 e. The van der Waals surface area contributed by atoms with Crippen molar-refractivity contribution in [1.29, 1.82) is 0 Å². The molecule has 0 bridgehead atoms. The second-order valence-corrected chi connectivity index (χ2v) is 7.11. The Morgan fingerprint density at radius 1 is 1.04 bits per heavy atom. The van der Waals surface area contributed by atoms with Crippen molar-refractivity contribution < 1.29 is 24.0 Å². The molecule has 0 radical (unpaired) electrons. The molecule has 24 heavy (non-hydrogen) atoms. The number of hydrogen-bond acceptors (Lipinski definition) is 3. The van der Waals surface area contributed by atoms with Crippen molar-refractivity contribution >= 4 is 14.0 Å². The van der Waals surface area contributed by atoms with Gasteiger partial charge in [-0.3, -0.25) is 14.2 Å². The van der Waals surface area contributed by atoms with Crippen LogP contribution in [0.15, 0.2) is 60.7 Å². The average Bonchev–Trinajstić information content (AvgIpc) is 2.58. The van der Waals surface area contributed by atoms with Gasteiger partial charge in [-0.25, -0.2) is 5.06 Å². The molecule has 1 amide bonds. The zero-order valence-corrected chi connectivity index (χ0v) is 14.0. The van der Waals surface area contributed by atoms with E-state index in [-0.39, 0.29) is 19.6 Å². The Balaban J connectivity index is 1.96. The number of hydroxylamine groups is 2. The van der Waals surface area contributed by atoms with Gasteiger partial charge in [0.1, 0.15) is 6.61 Å². The normalized spacial score (nSPS) is 12.6. The van der Waals surface area contributed by atoms with Crippen molar-refractivity contribution in [2.75, 3.05) is 6.54 Å². The molecule has 128 valence electrons. The number of benzene rings is 2. The van der Waals surface area contributed by atoms with Gasteiger partial charge in [-0.05, 0) is 17.5 Å². The van der Waals surface area contributed by atoms with Gasteiger partial charge in [0.15, 0.2) is 0 Å². The minimum atomic E-state index is -4.34. The van der Waals surface area contributed by atoms with Gasteiger partial charge in [-0.1, -0.05) is 60.7 Å². The molecular formula is C17H20NO5P. The summed E-state index contributed by atoms with van der Waals surface area (Å²) in [5.41, 5.74) is 0.472.